The molecule has 3 heteroatoms. The zero-order valence-corrected chi connectivity index (χ0v) is 14.4. The van der Waals surface area contributed by atoms with E-state index in [9.17, 15) is 5.02 Å². The van der Waals surface area contributed by atoms with Crippen molar-refractivity contribution in [1.82, 2.24) is 0 Å². The number of rotatable bonds is 1. The molecule has 4 saturated carbocycles. The van der Waals surface area contributed by atoms with Gasteiger partial charge in [0.1, 0.15) is 0 Å². The Bertz CT molecular complexity index is 443. The maximum absolute atomic E-state index is 9.69. The lowest BCUT2D eigenvalue weighted by Gasteiger charge is -2.61. The van der Waals surface area contributed by atoms with Crippen LogP contribution in [0.4, 0.5) is 0 Å². The Labute approximate surface area is 136 Å². The van der Waals surface area contributed by atoms with Crippen LogP contribution in [0.5, 0.6) is 0 Å². The van der Waals surface area contributed by atoms with Gasteiger partial charge in [-0.3, -0.25) is 0 Å². The third-order valence-electron chi connectivity index (χ3n) is 8.96. The molecule has 8 unspecified atom stereocenters. The van der Waals surface area contributed by atoms with Gasteiger partial charge in [-0.2, -0.15) is 0 Å². The van der Waals surface area contributed by atoms with Gasteiger partial charge < -0.3 is 10.8 Å². The molecule has 4 rings (SSSR count). The second kappa shape index (κ2) is 5.24. The van der Waals surface area contributed by atoms with Gasteiger partial charge in [-0.05, 0) is 91.7 Å². The van der Waals surface area contributed by atoms with E-state index in [1.54, 1.807) is 0 Å². The molecule has 4 fully saturated rings. The Morgan fingerprint density at radius 2 is 1.64 bits per heavy atom. The molecule has 0 aromatic rings. The van der Waals surface area contributed by atoms with Crippen LogP contribution in [0.15, 0.2) is 0 Å². The third-order valence-corrected chi connectivity index (χ3v) is 8.96. The molecule has 4 aliphatic rings. The van der Waals surface area contributed by atoms with Crippen LogP contribution in [0.3, 0.4) is 0 Å². The van der Waals surface area contributed by atoms with E-state index in [0.29, 0.717) is 22.7 Å². The fourth-order valence-corrected chi connectivity index (χ4v) is 7.58. The van der Waals surface area contributed by atoms with Gasteiger partial charge in [-0.1, -0.05) is 20.3 Å². The Hall–Kier alpha value is -0.0151. The quantitative estimate of drug-likeness (QED) is 0.725. The summed E-state index contributed by atoms with van der Waals surface area (Å²) in [6.45, 7) is 5.08. The van der Waals surface area contributed by atoms with Crippen molar-refractivity contribution in [1.29, 1.82) is 0 Å². The first kappa shape index (κ1) is 15.5. The molecule has 0 aromatic heterocycles. The zero-order chi connectivity index (χ0) is 15.5. The number of hydrogen-bond acceptors (Lipinski definition) is 2. The number of nitrogens with two attached hydrogens (primary N) is 1. The van der Waals surface area contributed by atoms with Gasteiger partial charge in [-0.25, -0.2) is 0 Å². The van der Waals surface area contributed by atoms with Gasteiger partial charge in [0.05, 0.1) is 0 Å². The molecule has 0 bridgehead atoms. The highest BCUT2D eigenvalue weighted by molar-refractivity contribution is 6.28. The average Bonchev–Trinajstić information content (AvgIpc) is 2.84. The van der Waals surface area contributed by atoms with Crippen molar-refractivity contribution in [2.45, 2.75) is 83.5 Å². The molecule has 2 nitrogen and oxygen atoms in total. The molecular weight excluding hydrogens is 269 g/mol. The smallest absolute Gasteiger partial charge is 0.291 e. The summed E-state index contributed by atoms with van der Waals surface area (Å²) in [5, 5.41) is 9.69. The van der Waals surface area contributed by atoms with Crippen molar-refractivity contribution < 1.29 is 5.02 Å². The summed E-state index contributed by atoms with van der Waals surface area (Å²) in [7, 11) is 1.54. The topological polar surface area (TPSA) is 46.2 Å². The molecule has 0 aromatic carbocycles. The van der Waals surface area contributed by atoms with Crippen LogP contribution in [0.1, 0.15) is 71.6 Å². The first-order valence-corrected chi connectivity index (χ1v) is 9.72. The predicted molar refractivity (Wildman–Crippen MR) is 91.4 cm³/mol. The molecule has 123 valence electrons. The molecule has 8 atom stereocenters. The maximum atomic E-state index is 9.69. The molecule has 0 aliphatic heterocycles. The van der Waals surface area contributed by atoms with Crippen molar-refractivity contribution in [3.8, 4) is 0 Å². The van der Waals surface area contributed by atoms with Crippen LogP contribution in [0.2, 0.25) is 5.82 Å². The SMILES string of the molecule is CC12CCC3C(CCC4CC(N)CCC43C)C1CCC2[B]O. The molecule has 0 heterocycles. The summed E-state index contributed by atoms with van der Waals surface area (Å²) < 4.78 is 0. The summed E-state index contributed by atoms with van der Waals surface area (Å²) in [5.41, 5.74) is 7.22. The van der Waals surface area contributed by atoms with Crippen LogP contribution >= 0.6 is 0 Å². The van der Waals surface area contributed by atoms with E-state index >= 15 is 0 Å². The van der Waals surface area contributed by atoms with Crippen LogP contribution in [0, 0.1) is 34.5 Å². The second-order valence-corrected chi connectivity index (χ2v) is 9.57. The van der Waals surface area contributed by atoms with Crippen molar-refractivity contribution in [3.05, 3.63) is 0 Å². The van der Waals surface area contributed by atoms with Crippen LogP contribution in [-0.2, 0) is 0 Å². The molecule has 0 spiro atoms. The highest BCUT2D eigenvalue weighted by Gasteiger charge is 2.59. The molecule has 4 aliphatic carbocycles. The highest BCUT2D eigenvalue weighted by Crippen LogP contribution is 2.68. The van der Waals surface area contributed by atoms with Gasteiger partial charge in [0.25, 0.3) is 7.48 Å². The standard InChI is InChI=1S/C19H33BNO/c1-18-9-7-13(21)11-12(18)3-4-14-15-5-6-17(20-22)19(15,2)10-8-16(14)18/h12-17,22H,3-11,21H2,1-2H3. The average molecular weight is 302 g/mol. The van der Waals surface area contributed by atoms with E-state index in [0.717, 1.165) is 23.7 Å². The monoisotopic (exact) mass is 302 g/mol. The Morgan fingerprint density at radius 3 is 2.41 bits per heavy atom. The van der Waals surface area contributed by atoms with Crippen molar-refractivity contribution in [2.75, 3.05) is 0 Å². The largest absolute Gasteiger partial charge is 0.454 e. The van der Waals surface area contributed by atoms with E-state index < -0.39 is 0 Å². The van der Waals surface area contributed by atoms with Gasteiger partial charge in [0, 0.05) is 6.04 Å². The lowest BCUT2D eigenvalue weighted by Crippen LogP contribution is -2.54. The minimum atomic E-state index is 0.379. The first-order valence-electron chi connectivity index (χ1n) is 9.72. The number of fused-ring (bicyclic) bond motifs is 5. The van der Waals surface area contributed by atoms with E-state index in [4.69, 9.17) is 5.73 Å². The lowest BCUT2D eigenvalue weighted by atomic mass is 9.43. The van der Waals surface area contributed by atoms with Gasteiger partial charge >= 0.3 is 0 Å². The Balaban J connectivity index is 1.61. The normalized spacial score (nSPS) is 57.6. The summed E-state index contributed by atoms with van der Waals surface area (Å²) >= 11 is 0. The first-order chi connectivity index (χ1) is 10.5. The van der Waals surface area contributed by atoms with Crippen LogP contribution < -0.4 is 5.73 Å². The van der Waals surface area contributed by atoms with Crippen molar-refractivity contribution in [2.24, 2.45) is 40.2 Å². The predicted octanol–water partition coefficient (Wildman–Crippen LogP) is 3.76. The molecule has 1 radical (unpaired) electrons. The van der Waals surface area contributed by atoms with E-state index in [1.165, 1.54) is 65.3 Å². The van der Waals surface area contributed by atoms with Crippen LogP contribution in [0.25, 0.3) is 0 Å². The molecule has 22 heavy (non-hydrogen) atoms. The second-order valence-electron chi connectivity index (χ2n) is 9.57. The van der Waals surface area contributed by atoms with Crippen molar-refractivity contribution in [3.63, 3.8) is 0 Å². The maximum Gasteiger partial charge on any atom is 0.291 e. The van der Waals surface area contributed by atoms with Gasteiger partial charge in [0.15, 0.2) is 0 Å². The Morgan fingerprint density at radius 1 is 0.909 bits per heavy atom. The van der Waals surface area contributed by atoms with Crippen molar-refractivity contribution >= 4 is 7.48 Å². The van der Waals surface area contributed by atoms with Gasteiger partial charge in [-0.15, -0.1) is 0 Å². The minimum Gasteiger partial charge on any atom is -0.454 e. The van der Waals surface area contributed by atoms with E-state index in [2.05, 4.69) is 13.8 Å². The minimum absolute atomic E-state index is 0.379. The fourth-order valence-electron chi connectivity index (χ4n) is 7.58. The molecule has 3 N–H and O–H groups in total. The number of hydrogen-bond donors (Lipinski definition) is 2. The lowest BCUT2D eigenvalue weighted by molar-refractivity contribution is -0.105. The van der Waals surface area contributed by atoms with Crippen LogP contribution in [-0.4, -0.2) is 18.5 Å². The third kappa shape index (κ3) is 2.00. The summed E-state index contributed by atoms with van der Waals surface area (Å²) in [4.78, 5) is 0. The molecule has 0 amide bonds. The summed E-state index contributed by atoms with van der Waals surface area (Å²) in [6.07, 6.45) is 12.0. The fraction of sp³-hybridized carbons (Fsp3) is 1.00. The molecule has 0 saturated heterocycles. The Kier molecular flexibility index (Phi) is 3.70. The summed E-state index contributed by atoms with van der Waals surface area (Å²) in [5.74, 6) is 4.02. The van der Waals surface area contributed by atoms with Gasteiger partial charge in [0.2, 0.25) is 0 Å². The van der Waals surface area contributed by atoms with E-state index in [1.807, 2.05) is 0 Å². The summed E-state index contributed by atoms with van der Waals surface area (Å²) in [6, 6.07) is 0.461. The molecular formula is C19H33BNO. The zero-order valence-electron chi connectivity index (χ0n) is 14.4. The van der Waals surface area contributed by atoms with E-state index in [-0.39, 0.29) is 0 Å². The highest BCUT2D eigenvalue weighted by atomic mass is 16.2.